The third kappa shape index (κ3) is 3.10. The van der Waals surface area contributed by atoms with Crippen molar-refractivity contribution in [2.75, 3.05) is 6.54 Å². The number of H-pyrrole nitrogens is 1. The van der Waals surface area contributed by atoms with Crippen LogP contribution in [0.15, 0.2) is 45.9 Å². The Morgan fingerprint density at radius 1 is 1.25 bits per heavy atom. The lowest BCUT2D eigenvalue weighted by Crippen LogP contribution is -2.33. The first-order chi connectivity index (χ1) is 13.6. The largest absolute Gasteiger partial charge is 0.309 e. The molecule has 0 bridgehead atoms. The summed E-state index contributed by atoms with van der Waals surface area (Å²) in [5.41, 5.74) is 3.21. The maximum Gasteiger partial charge on any atom is 0.260 e. The summed E-state index contributed by atoms with van der Waals surface area (Å²) in [7, 11) is 0. The molecule has 0 fully saturated rings. The molecular formula is C21H18ClN3OS2. The number of rotatable bonds is 3. The van der Waals surface area contributed by atoms with Crippen LogP contribution in [0, 0.1) is 0 Å². The van der Waals surface area contributed by atoms with Crippen molar-refractivity contribution in [3.8, 4) is 11.1 Å². The Kier molecular flexibility index (Phi) is 4.59. The predicted molar refractivity (Wildman–Crippen MR) is 118 cm³/mol. The van der Waals surface area contributed by atoms with Gasteiger partial charge in [-0.3, -0.25) is 9.69 Å². The van der Waals surface area contributed by atoms with Gasteiger partial charge in [0.05, 0.1) is 11.9 Å². The van der Waals surface area contributed by atoms with Gasteiger partial charge in [-0.05, 0) is 48.1 Å². The van der Waals surface area contributed by atoms with Crippen molar-refractivity contribution in [2.24, 2.45) is 0 Å². The Bertz CT molecular complexity index is 1210. The maximum atomic E-state index is 12.9. The Balaban J connectivity index is 1.48. The van der Waals surface area contributed by atoms with Crippen LogP contribution in [0.25, 0.3) is 21.3 Å². The lowest BCUT2D eigenvalue weighted by Gasteiger charge is -2.33. The quantitative estimate of drug-likeness (QED) is 0.470. The molecule has 4 heterocycles. The van der Waals surface area contributed by atoms with Crippen LogP contribution in [0.3, 0.4) is 0 Å². The number of hydrogen-bond acceptors (Lipinski definition) is 5. The number of hydrogen-bond donors (Lipinski definition) is 1. The van der Waals surface area contributed by atoms with Crippen LogP contribution in [-0.4, -0.2) is 21.4 Å². The van der Waals surface area contributed by atoms with E-state index in [-0.39, 0.29) is 5.56 Å². The van der Waals surface area contributed by atoms with E-state index in [0.717, 1.165) is 34.7 Å². The van der Waals surface area contributed by atoms with Gasteiger partial charge in [-0.2, -0.15) is 0 Å². The third-order valence-electron chi connectivity index (χ3n) is 5.40. The minimum Gasteiger partial charge on any atom is -0.309 e. The standard InChI is InChI=1S/C21H18ClN3OS2/c1-12-15-7-9-27-17(15)6-8-25(12)10-18-23-20(26)19-16(11-28-21(19)24-18)13-2-4-14(22)5-3-13/h2-5,7,9,11-12H,6,8,10H2,1H3,(H,23,24,26)/t12-/m0/s1. The summed E-state index contributed by atoms with van der Waals surface area (Å²) in [4.78, 5) is 25.3. The predicted octanol–water partition coefficient (Wildman–Crippen LogP) is 5.49. The molecule has 1 aliphatic rings. The topological polar surface area (TPSA) is 49.0 Å². The van der Waals surface area contributed by atoms with Crippen LogP contribution in [-0.2, 0) is 13.0 Å². The van der Waals surface area contributed by atoms with Crippen molar-refractivity contribution in [1.29, 1.82) is 0 Å². The average molecular weight is 428 g/mol. The second kappa shape index (κ2) is 7.12. The number of aromatic nitrogens is 2. The van der Waals surface area contributed by atoms with Crippen LogP contribution >= 0.6 is 34.3 Å². The number of nitrogens with one attached hydrogen (secondary N) is 1. The highest BCUT2D eigenvalue weighted by Gasteiger charge is 2.25. The monoisotopic (exact) mass is 427 g/mol. The molecule has 4 aromatic rings. The Morgan fingerprint density at radius 3 is 2.89 bits per heavy atom. The fraction of sp³-hybridized carbons (Fsp3) is 0.238. The maximum absolute atomic E-state index is 12.9. The highest BCUT2D eigenvalue weighted by molar-refractivity contribution is 7.17. The van der Waals surface area contributed by atoms with Crippen LogP contribution in [0.5, 0.6) is 0 Å². The zero-order chi connectivity index (χ0) is 19.3. The molecule has 1 N–H and O–H groups in total. The molecular weight excluding hydrogens is 410 g/mol. The number of thiophene rings is 2. The van der Waals surface area contributed by atoms with Crippen molar-refractivity contribution in [3.05, 3.63) is 72.7 Å². The summed E-state index contributed by atoms with van der Waals surface area (Å²) in [5, 5.41) is 5.51. The van der Waals surface area contributed by atoms with Gasteiger partial charge in [0, 0.05) is 33.4 Å². The van der Waals surface area contributed by atoms with Crippen LogP contribution in [0.2, 0.25) is 5.02 Å². The lowest BCUT2D eigenvalue weighted by molar-refractivity contribution is 0.186. The van der Waals surface area contributed by atoms with Gasteiger partial charge in [-0.15, -0.1) is 22.7 Å². The summed E-state index contributed by atoms with van der Waals surface area (Å²) < 4.78 is 0. The van der Waals surface area contributed by atoms with Crippen molar-refractivity contribution >= 4 is 44.5 Å². The second-order valence-electron chi connectivity index (χ2n) is 7.04. The minimum atomic E-state index is -0.0768. The van der Waals surface area contributed by atoms with Gasteiger partial charge in [0.2, 0.25) is 0 Å². The molecule has 0 amide bonds. The summed E-state index contributed by atoms with van der Waals surface area (Å²) in [6.07, 6.45) is 1.06. The molecule has 0 saturated carbocycles. The molecule has 7 heteroatoms. The van der Waals surface area contributed by atoms with Crippen LogP contribution in [0.4, 0.5) is 0 Å². The first-order valence-electron chi connectivity index (χ1n) is 9.17. The molecule has 142 valence electrons. The van der Waals surface area contributed by atoms with E-state index < -0.39 is 0 Å². The molecule has 1 aliphatic heterocycles. The smallest absolute Gasteiger partial charge is 0.260 e. The first-order valence-corrected chi connectivity index (χ1v) is 11.3. The van der Waals surface area contributed by atoms with Gasteiger partial charge < -0.3 is 4.98 Å². The van der Waals surface area contributed by atoms with E-state index in [1.165, 1.54) is 21.8 Å². The molecule has 28 heavy (non-hydrogen) atoms. The Morgan fingerprint density at radius 2 is 2.07 bits per heavy atom. The van der Waals surface area contributed by atoms with Crippen molar-refractivity contribution in [3.63, 3.8) is 0 Å². The van der Waals surface area contributed by atoms with Crippen LogP contribution < -0.4 is 5.56 Å². The Hall–Kier alpha value is -1.99. The fourth-order valence-electron chi connectivity index (χ4n) is 3.88. The van der Waals surface area contributed by atoms with Crippen molar-refractivity contribution in [1.82, 2.24) is 14.9 Å². The fourth-order valence-corrected chi connectivity index (χ4v) is 5.94. The number of fused-ring (bicyclic) bond motifs is 2. The zero-order valence-corrected chi connectivity index (χ0v) is 17.6. The first kappa shape index (κ1) is 18.1. The number of halogens is 1. The lowest BCUT2D eigenvalue weighted by atomic mass is 10.0. The molecule has 0 aliphatic carbocycles. The summed E-state index contributed by atoms with van der Waals surface area (Å²) in [6, 6.07) is 10.1. The molecule has 5 rings (SSSR count). The van der Waals surface area contributed by atoms with Crippen molar-refractivity contribution in [2.45, 2.75) is 25.9 Å². The van der Waals surface area contributed by atoms with E-state index >= 15 is 0 Å². The van der Waals surface area contributed by atoms with Gasteiger partial charge in [0.1, 0.15) is 10.7 Å². The summed E-state index contributed by atoms with van der Waals surface area (Å²) in [6.45, 7) is 3.86. The van der Waals surface area contributed by atoms with Gasteiger partial charge in [0.15, 0.2) is 0 Å². The van der Waals surface area contributed by atoms with E-state index in [4.69, 9.17) is 16.6 Å². The number of benzene rings is 1. The molecule has 4 nitrogen and oxygen atoms in total. The molecule has 0 saturated heterocycles. The van der Waals surface area contributed by atoms with E-state index in [0.29, 0.717) is 23.0 Å². The molecule has 0 radical (unpaired) electrons. The van der Waals surface area contributed by atoms with Gasteiger partial charge in [-0.25, -0.2) is 4.98 Å². The second-order valence-corrected chi connectivity index (χ2v) is 9.34. The van der Waals surface area contributed by atoms with Gasteiger partial charge >= 0.3 is 0 Å². The highest BCUT2D eigenvalue weighted by atomic mass is 35.5. The van der Waals surface area contributed by atoms with E-state index in [1.807, 2.05) is 41.0 Å². The minimum absolute atomic E-state index is 0.0768. The third-order valence-corrected chi connectivity index (χ3v) is 7.53. The van der Waals surface area contributed by atoms with Gasteiger partial charge in [-0.1, -0.05) is 23.7 Å². The van der Waals surface area contributed by atoms with E-state index in [9.17, 15) is 4.79 Å². The van der Waals surface area contributed by atoms with Crippen molar-refractivity contribution < 1.29 is 0 Å². The summed E-state index contributed by atoms with van der Waals surface area (Å²) in [5.74, 6) is 0.729. The zero-order valence-electron chi connectivity index (χ0n) is 15.2. The molecule has 3 aromatic heterocycles. The molecule has 0 unspecified atom stereocenters. The number of aromatic amines is 1. The van der Waals surface area contributed by atoms with E-state index in [2.05, 4.69) is 28.3 Å². The normalized spacial score (nSPS) is 17.1. The van der Waals surface area contributed by atoms with E-state index in [1.54, 1.807) is 0 Å². The highest BCUT2D eigenvalue weighted by Crippen LogP contribution is 2.34. The molecule has 0 spiro atoms. The summed E-state index contributed by atoms with van der Waals surface area (Å²) >= 11 is 9.34. The molecule has 1 aromatic carbocycles. The SMILES string of the molecule is C[C@H]1c2ccsc2CCN1Cc1nc2scc(-c3ccc(Cl)cc3)c2c(=O)[nH]1. The van der Waals surface area contributed by atoms with Gasteiger partial charge in [0.25, 0.3) is 5.56 Å². The molecule has 1 atom stereocenters. The van der Waals surface area contributed by atoms with Crippen LogP contribution in [0.1, 0.15) is 29.2 Å². The Labute approximate surface area is 175 Å². The number of nitrogens with zero attached hydrogens (tertiary/aromatic N) is 2. The average Bonchev–Trinajstić information content (AvgIpc) is 3.32.